The molecule has 17 heavy (non-hydrogen) atoms. The maximum Gasteiger partial charge on any atom is 0.253 e. The van der Waals surface area contributed by atoms with E-state index in [2.05, 4.69) is 5.32 Å². The number of hydrogen-bond acceptors (Lipinski definition) is 3. The molecule has 0 saturated heterocycles. The number of nitrogens with two attached hydrogens (primary N) is 1. The van der Waals surface area contributed by atoms with Gasteiger partial charge in [0.25, 0.3) is 5.91 Å². The van der Waals surface area contributed by atoms with Crippen molar-refractivity contribution in [1.29, 1.82) is 0 Å². The maximum absolute atomic E-state index is 11.8. The molecule has 0 fully saturated rings. The standard InChI is InChI=1S/C13H18N2O2/c1-17-12(11-7-3-2-4-8-11)13(16)15-10-6-5-9-14/h2-8,12H,9-10,14H2,1H3,(H,15,16)/b6-5+/t12-/m0/s1. The average Bonchev–Trinajstić information content (AvgIpc) is 2.37. The van der Waals surface area contributed by atoms with Crippen molar-refractivity contribution < 1.29 is 9.53 Å². The summed E-state index contributed by atoms with van der Waals surface area (Å²) in [4.78, 5) is 11.8. The zero-order valence-electron chi connectivity index (χ0n) is 9.93. The first kappa shape index (κ1) is 13.4. The molecule has 1 amide bonds. The molecule has 1 atom stereocenters. The number of nitrogens with one attached hydrogen (secondary N) is 1. The van der Waals surface area contributed by atoms with Crippen LogP contribution >= 0.6 is 0 Å². The molecule has 4 heteroatoms. The van der Waals surface area contributed by atoms with E-state index in [1.165, 1.54) is 7.11 Å². The van der Waals surface area contributed by atoms with Crippen LogP contribution in [0.3, 0.4) is 0 Å². The van der Waals surface area contributed by atoms with Crippen LogP contribution in [0.5, 0.6) is 0 Å². The molecule has 4 nitrogen and oxygen atoms in total. The van der Waals surface area contributed by atoms with Crippen LogP contribution in [0, 0.1) is 0 Å². The first-order valence-electron chi connectivity index (χ1n) is 5.50. The van der Waals surface area contributed by atoms with E-state index in [9.17, 15) is 4.79 Å². The van der Waals surface area contributed by atoms with Gasteiger partial charge in [-0.1, -0.05) is 42.5 Å². The SMILES string of the molecule is CO[C@H](C(=O)NC/C=C/CN)c1ccccc1. The minimum atomic E-state index is -0.567. The van der Waals surface area contributed by atoms with Crippen molar-refractivity contribution in [2.24, 2.45) is 5.73 Å². The smallest absolute Gasteiger partial charge is 0.253 e. The Morgan fingerprint density at radius 3 is 2.71 bits per heavy atom. The number of benzene rings is 1. The highest BCUT2D eigenvalue weighted by atomic mass is 16.5. The van der Waals surface area contributed by atoms with E-state index >= 15 is 0 Å². The number of rotatable bonds is 6. The third-order valence-electron chi connectivity index (χ3n) is 2.27. The Hall–Kier alpha value is -1.65. The lowest BCUT2D eigenvalue weighted by molar-refractivity contribution is -0.131. The van der Waals surface area contributed by atoms with Crippen molar-refractivity contribution in [3.05, 3.63) is 48.0 Å². The van der Waals surface area contributed by atoms with Gasteiger partial charge in [-0.15, -0.1) is 0 Å². The van der Waals surface area contributed by atoms with Gasteiger partial charge in [-0.3, -0.25) is 4.79 Å². The van der Waals surface area contributed by atoms with E-state index in [0.717, 1.165) is 5.56 Å². The fourth-order valence-corrected chi connectivity index (χ4v) is 1.45. The molecule has 0 unspecified atom stereocenters. The number of hydrogen-bond donors (Lipinski definition) is 2. The summed E-state index contributed by atoms with van der Waals surface area (Å²) in [6.07, 6.45) is 3.04. The molecule has 0 saturated carbocycles. The van der Waals surface area contributed by atoms with Gasteiger partial charge >= 0.3 is 0 Å². The van der Waals surface area contributed by atoms with Gasteiger partial charge in [0.05, 0.1) is 0 Å². The summed E-state index contributed by atoms with van der Waals surface area (Å²) in [5.41, 5.74) is 6.14. The van der Waals surface area contributed by atoms with Gasteiger partial charge in [0.1, 0.15) is 0 Å². The van der Waals surface area contributed by atoms with E-state index < -0.39 is 6.10 Å². The predicted molar refractivity (Wildman–Crippen MR) is 67.4 cm³/mol. The number of ether oxygens (including phenoxy) is 1. The van der Waals surface area contributed by atoms with E-state index in [1.54, 1.807) is 6.08 Å². The summed E-state index contributed by atoms with van der Waals surface area (Å²) < 4.78 is 5.19. The maximum atomic E-state index is 11.8. The van der Waals surface area contributed by atoms with Crippen LogP contribution < -0.4 is 11.1 Å². The molecule has 92 valence electrons. The summed E-state index contributed by atoms with van der Waals surface area (Å²) in [7, 11) is 1.52. The van der Waals surface area contributed by atoms with Crippen molar-refractivity contribution in [1.82, 2.24) is 5.32 Å². The van der Waals surface area contributed by atoms with E-state index in [4.69, 9.17) is 10.5 Å². The van der Waals surface area contributed by atoms with Crippen LogP contribution in [0.4, 0.5) is 0 Å². The topological polar surface area (TPSA) is 64.3 Å². The molecular formula is C13H18N2O2. The fraction of sp³-hybridized carbons (Fsp3) is 0.308. The summed E-state index contributed by atoms with van der Waals surface area (Å²) in [6, 6.07) is 9.39. The Morgan fingerprint density at radius 2 is 2.12 bits per heavy atom. The molecule has 0 radical (unpaired) electrons. The Morgan fingerprint density at radius 1 is 1.41 bits per heavy atom. The van der Waals surface area contributed by atoms with Gasteiger partial charge in [0, 0.05) is 20.2 Å². The van der Waals surface area contributed by atoms with Gasteiger partial charge in [-0.05, 0) is 5.56 Å². The van der Waals surface area contributed by atoms with Crippen molar-refractivity contribution in [2.45, 2.75) is 6.10 Å². The highest BCUT2D eigenvalue weighted by Gasteiger charge is 2.18. The molecule has 0 aromatic heterocycles. The Labute approximate surface area is 101 Å². The largest absolute Gasteiger partial charge is 0.367 e. The summed E-state index contributed by atoms with van der Waals surface area (Å²) in [5.74, 6) is -0.152. The van der Waals surface area contributed by atoms with Crippen LogP contribution in [0.2, 0.25) is 0 Å². The molecule has 1 aromatic rings. The van der Waals surface area contributed by atoms with Crippen LogP contribution in [0.15, 0.2) is 42.5 Å². The quantitative estimate of drug-likeness (QED) is 0.722. The molecule has 1 rings (SSSR count). The fourth-order valence-electron chi connectivity index (χ4n) is 1.45. The third kappa shape index (κ3) is 4.38. The van der Waals surface area contributed by atoms with Crippen molar-refractivity contribution in [3.8, 4) is 0 Å². The summed E-state index contributed by atoms with van der Waals surface area (Å²) >= 11 is 0. The number of carbonyl (C=O) groups is 1. The highest BCUT2D eigenvalue weighted by Crippen LogP contribution is 2.15. The first-order valence-corrected chi connectivity index (χ1v) is 5.50. The van der Waals surface area contributed by atoms with E-state index in [-0.39, 0.29) is 5.91 Å². The average molecular weight is 234 g/mol. The van der Waals surface area contributed by atoms with E-state index in [1.807, 2.05) is 36.4 Å². The molecule has 0 aliphatic carbocycles. The second-order valence-electron chi connectivity index (χ2n) is 3.48. The second kappa shape index (κ2) is 7.60. The predicted octanol–water partition coefficient (Wildman–Crippen LogP) is 1.01. The Kier molecular flexibility index (Phi) is 5.99. The molecule has 1 aromatic carbocycles. The number of carbonyl (C=O) groups excluding carboxylic acids is 1. The van der Waals surface area contributed by atoms with Gasteiger partial charge in [0.15, 0.2) is 6.10 Å². The van der Waals surface area contributed by atoms with E-state index in [0.29, 0.717) is 13.1 Å². The minimum Gasteiger partial charge on any atom is -0.367 e. The number of methoxy groups -OCH3 is 1. The molecular weight excluding hydrogens is 216 g/mol. The van der Waals surface area contributed by atoms with Crippen molar-refractivity contribution in [2.75, 3.05) is 20.2 Å². The lowest BCUT2D eigenvalue weighted by Gasteiger charge is -2.14. The number of amides is 1. The molecule has 0 aliphatic rings. The van der Waals surface area contributed by atoms with Crippen molar-refractivity contribution in [3.63, 3.8) is 0 Å². The molecule has 0 bridgehead atoms. The van der Waals surface area contributed by atoms with Crippen molar-refractivity contribution >= 4 is 5.91 Å². The molecule has 3 N–H and O–H groups in total. The normalized spacial score (nSPS) is 12.6. The highest BCUT2D eigenvalue weighted by molar-refractivity contribution is 5.82. The summed E-state index contributed by atoms with van der Waals surface area (Å²) in [6.45, 7) is 0.936. The monoisotopic (exact) mass is 234 g/mol. The zero-order valence-corrected chi connectivity index (χ0v) is 9.93. The Bertz CT molecular complexity index is 363. The molecule has 0 aliphatic heterocycles. The minimum absolute atomic E-state index is 0.152. The van der Waals surface area contributed by atoms with Crippen LogP contribution in [-0.4, -0.2) is 26.1 Å². The lowest BCUT2D eigenvalue weighted by Crippen LogP contribution is -2.30. The Balaban J connectivity index is 2.56. The zero-order chi connectivity index (χ0) is 12.5. The molecule has 0 spiro atoms. The van der Waals surface area contributed by atoms with Gasteiger partial charge < -0.3 is 15.8 Å². The second-order valence-corrected chi connectivity index (χ2v) is 3.48. The lowest BCUT2D eigenvalue weighted by atomic mass is 10.1. The van der Waals surface area contributed by atoms with Crippen LogP contribution in [0.25, 0.3) is 0 Å². The first-order chi connectivity index (χ1) is 8.29. The van der Waals surface area contributed by atoms with Crippen LogP contribution in [0.1, 0.15) is 11.7 Å². The third-order valence-corrected chi connectivity index (χ3v) is 2.27. The van der Waals surface area contributed by atoms with Gasteiger partial charge in [-0.25, -0.2) is 0 Å². The van der Waals surface area contributed by atoms with Crippen LogP contribution in [-0.2, 0) is 9.53 Å². The van der Waals surface area contributed by atoms with Gasteiger partial charge in [0.2, 0.25) is 0 Å². The summed E-state index contributed by atoms with van der Waals surface area (Å²) in [5, 5.41) is 2.76. The molecule has 0 heterocycles. The van der Waals surface area contributed by atoms with Gasteiger partial charge in [-0.2, -0.15) is 0 Å².